The first-order valence-corrected chi connectivity index (χ1v) is 10.0. The SMILES string of the molecule is CCn1c(-c2cccs2)nnc1C(S)c1noc(-c2ccc(Cl)s2)n1. The van der Waals surface area contributed by atoms with Crippen LogP contribution in [0.2, 0.25) is 4.34 Å². The second-order valence-electron chi connectivity index (χ2n) is 5.07. The highest BCUT2D eigenvalue weighted by Crippen LogP contribution is 2.33. The van der Waals surface area contributed by atoms with E-state index in [1.54, 1.807) is 17.4 Å². The first-order chi connectivity index (χ1) is 12.2. The zero-order chi connectivity index (χ0) is 17.4. The lowest BCUT2D eigenvalue weighted by atomic mass is 10.3. The number of thiophene rings is 2. The second-order valence-corrected chi connectivity index (χ2v) is 8.25. The maximum absolute atomic E-state index is 5.96. The summed E-state index contributed by atoms with van der Waals surface area (Å²) < 4.78 is 8.03. The van der Waals surface area contributed by atoms with E-state index in [1.165, 1.54) is 11.3 Å². The predicted molar refractivity (Wildman–Crippen MR) is 102 cm³/mol. The lowest BCUT2D eigenvalue weighted by molar-refractivity contribution is 0.423. The Bertz CT molecular complexity index is 991. The molecule has 0 aromatic carbocycles. The van der Waals surface area contributed by atoms with Crippen LogP contribution in [0.25, 0.3) is 21.5 Å². The largest absolute Gasteiger partial charge is 0.333 e. The summed E-state index contributed by atoms with van der Waals surface area (Å²) in [6.45, 7) is 2.76. The number of nitrogens with zero attached hydrogens (tertiary/aromatic N) is 5. The van der Waals surface area contributed by atoms with Gasteiger partial charge in [-0.25, -0.2) is 0 Å². The van der Waals surface area contributed by atoms with Gasteiger partial charge in [0, 0.05) is 6.54 Å². The Labute approximate surface area is 161 Å². The molecule has 4 aromatic rings. The molecule has 0 spiro atoms. The predicted octanol–water partition coefficient (Wildman–Crippen LogP) is 4.81. The Hall–Kier alpha value is -1.68. The molecule has 6 nitrogen and oxygen atoms in total. The van der Waals surface area contributed by atoms with Crippen molar-refractivity contribution in [1.82, 2.24) is 24.9 Å². The third-order valence-corrected chi connectivity index (χ3v) is 6.10. The summed E-state index contributed by atoms with van der Waals surface area (Å²) in [4.78, 5) is 6.32. The van der Waals surface area contributed by atoms with E-state index in [1.807, 2.05) is 35.1 Å². The highest BCUT2D eigenvalue weighted by molar-refractivity contribution is 7.80. The molecule has 4 rings (SSSR count). The highest BCUT2D eigenvalue weighted by Gasteiger charge is 2.25. The van der Waals surface area contributed by atoms with E-state index in [9.17, 15) is 0 Å². The Kier molecular flexibility index (Phi) is 4.63. The van der Waals surface area contributed by atoms with Crippen LogP contribution in [0.1, 0.15) is 23.8 Å². The van der Waals surface area contributed by atoms with Crippen molar-refractivity contribution in [3.05, 3.63) is 45.6 Å². The molecule has 0 aliphatic rings. The first-order valence-electron chi connectivity index (χ1n) is 7.41. The van der Waals surface area contributed by atoms with Crippen LogP contribution < -0.4 is 0 Å². The fourth-order valence-corrected chi connectivity index (χ4v) is 4.39. The smallest absolute Gasteiger partial charge is 0.268 e. The van der Waals surface area contributed by atoms with Crippen molar-refractivity contribution < 1.29 is 4.52 Å². The minimum Gasteiger partial charge on any atom is -0.333 e. The van der Waals surface area contributed by atoms with E-state index in [2.05, 4.69) is 33.0 Å². The second kappa shape index (κ2) is 6.91. The number of aromatic nitrogens is 5. The molecule has 1 unspecified atom stereocenters. The van der Waals surface area contributed by atoms with Gasteiger partial charge in [-0.2, -0.15) is 17.6 Å². The molecule has 0 amide bonds. The molecule has 10 heteroatoms. The van der Waals surface area contributed by atoms with Crippen LogP contribution in [0.5, 0.6) is 0 Å². The molecular formula is C15H12ClN5OS3. The lowest BCUT2D eigenvalue weighted by Gasteiger charge is -2.09. The summed E-state index contributed by atoms with van der Waals surface area (Å²) in [5.74, 6) is 2.38. The highest BCUT2D eigenvalue weighted by atomic mass is 35.5. The normalized spacial score (nSPS) is 12.6. The van der Waals surface area contributed by atoms with Crippen molar-refractivity contribution in [3.63, 3.8) is 0 Å². The van der Waals surface area contributed by atoms with Gasteiger partial charge >= 0.3 is 0 Å². The van der Waals surface area contributed by atoms with Crippen LogP contribution in [0.4, 0.5) is 0 Å². The molecule has 4 heterocycles. The van der Waals surface area contributed by atoms with Crippen molar-refractivity contribution in [2.45, 2.75) is 18.7 Å². The quantitative estimate of drug-likeness (QED) is 0.479. The van der Waals surface area contributed by atoms with Crippen molar-refractivity contribution in [1.29, 1.82) is 0 Å². The van der Waals surface area contributed by atoms with Gasteiger partial charge in [0.25, 0.3) is 5.89 Å². The van der Waals surface area contributed by atoms with Gasteiger partial charge in [0.2, 0.25) is 0 Å². The minimum absolute atomic E-state index is 0.423. The Morgan fingerprint density at radius 3 is 2.84 bits per heavy atom. The number of hydrogen-bond donors (Lipinski definition) is 1. The fourth-order valence-electron chi connectivity index (χ4n) is 2.41. The van der Waals surface area contributed by atoms with Gasteiger partial charge in [0.1, 0.15) is 5.25 Å². The van der Waals surface area contributed by atoms with Gasteiger partial charge < -0.3 is 9.09 Å². The number of hydrogen-bond acceptors (Lipinski definition) is 8. The average molecular weight is 410 g/mol. The molecule has 0 bridgehead atoms. The minimum atomic E-state index is -0.436. The van der Waals surface area contributed by atoms with Crippen molar-refractivity contribution in [3.8, 4) is 21.5 Å². The Balaban J connectivity index is 1.67. The molecular weight excluding hydrogens is 398 g/mol. The molecule has 1 atom stereocenters. The standard InChI is InChI=1S/C15H12ClN5OS3/c1-2-21-13(8-4-3-7-24-8)18-19-14(21)11(23)12-17-15(22-20-12)9-5-6-10(16)25-9/h3-7,11,23H,2H2,1H3. The zero-order valence-electron chi connectivity index (χ0n) is 13.0. The average Bonchev–Trinajstić information content (AvgIpc) is 3.37. The third-order valence-electron chi connectivity index (χ3n) is 3.55. The summed E-state index contributed by atoms with van der Waals surface area (Å²) in [6.07, 6.45) is 0. The maximum atomic E-state index is 5.96. The van der Waals surface area contributed by atoms with E-state index in [4.69, 9.17) is 16.1 Å². The molecule has 0 saturated carbocycles. The third kappa shape index (κ3) is 3.12. The molecule has 0 aliphatic heterocycles. The molecule has 0 saturated heterocycles. The van der Waals surface area contributed by atoms with Crippen LogP contribution in [0, 0.1) is 0 Å². The van der Waals surface area contributed by atoms with Gasteiger partial charge in [0.15, 0.2) is 17.5 Å². The topological polar surface area (TPSA) is 69.6 Å². The number of thiol groups is 1. The van der Waals surface area contributed by atoms with Gasteiger partial charge in [-0.15, -0.1) is 32.9 Å². The molecule has 0 fully saturated rings. The maximum Gasteiger partial charge on any atom is 0.268 e. The molecule has 128 valence electrons. The summed E-state index contributed by atoms with van der Waals surface area (Å²) in [5, 5.41) is 14.3. The van der Waals surface area contributed by atoms with Crippen LogP contribution in [0.15, 0.2) is 34.2 Å². The summed E-state index contributed by atoms with van der Waals surface area (Å²) in [5.41, 5.74) is 0. The van der Waals surface area contributed by atoms with Gasteiger partial charge in [-0.1, -0.05) is 22.8 Å². The van der Waals surface area contributed by atoms with E-state index < -0.39 is 5.25 Å². The Morgan fingerprint density at radius 1 is 1.28 bits per heavy atom. The van der Waals surface area contributed by atoms with Crippen LogP contribution in [-0.2, 0) is 6.54 Å². The van der Waals surface area contributed by atoms with Crippen molar-refractivity contribution in [2.24, 2.45) is 0 Å². The van der Waals surface area contributed by atoms with Crippen LogP contribution >= 0.6 is 46.9 Å². The molecule has 0 radical (unpaired) electrons. The van der Waals surface area contributed by atoms with Crippen LogP contribution in [-0.4, -0.2) is 24.9 Å². The van der Waals surface area contributed by atoms with Crippen molar-refractivity contribution >= 4 is 46.9 Å². The number of rotatable bonds is 5. The van der Waals surface area contributed by atoms with Gasteiger partial charge in [-0.05, 0) is 30.5 Å². The number of halogens is 1. The molecule has 0 aliphatic carbocycles. The zero-order valence-corrected chi connectivity index (χ0v) is 16.2. The fraction of sp³-hybridized carbons (Fsp3) is 0.200. The van der Waals surface area contributed by atoms with E-state index in [-0.39, 0.29) is 0 Å². The Morgan fingerprint density at radius 2 is 2.16 bits per heavy atom. The van der Waals surface area contributed by atoms with Gasteiger partial charge in [0.05, 0.1) is 14.1 Å². The first kappa shape index (κ1) is 16.8. The summed E-state index contributed by atoms with van der Waals surface area (Å²) >= 11 is 13.6. The van der Waals surface area contributed by atoms with Crippen molar-refractivity contribution in [2.75, 3.05) is 0 Å². The van der Waals surface area contributed by atoms with E-state index in [0.717, 1.165) is 22.1 Å². The van der Waals surface area contributed by atoms with Crippen LogP contribution in [0.3, 0.4) is 0 Å². The lowest BCUT2D eigenvalue weighted by Crippen LogP contribution is -2.07. The molecule has 0 N–H and O–H groups in total. The molecule has 4 aromatic heterocycles. The summed E-state index contributed by atoms with van der Waals surface area (Å²) in [6, 6.07) is 7.65. The van der Waals surface area contributed by atoms with Gasteiger partial charge in [-0.3, -0.25) is 0 Å². The summed E-state index contributed by atoms with van der Waals surface area (Å²) in [7, 11) is 0. The van der Waals surface area contributed by atoms with E-state index in [0.29, 0.717) is 21.9 Å². The van der Waals surface area contributed by atoms with E-state index >= 15 is 0 Å². The monoisotopic (exact) mass is 409 g/mol. The molecule has 25 heavy (non-hydrogen) atoms.